The van der Waals surface area contributed by atoms with Crippen LogP contribution in [0, 0.1) is 6.92 Å². The molecule has 38 heavy (non-hydrogen) atoms. The number of fused-ring (bicyclic) bond motifs is 5. The zero-order valence-electron chi connectivity index (χ0n) is 21.4. The van der Waals surface area contributed by atoms with Gasteiger partial charge < -0.3 is 5.32 Å². The Bertz CT molecular complexity index is 1690. The smallest absolute Gasteiger partial charge is 0.268 e. The van der Waals surface area contributed by atoms with Crippen LogP contribution in [0.15, 0.2) is 64.5 Å². The Morgan fingerprint density at radius 1 is 1.08 bits per heavy atom. The molecule has 7 nitrogen and oxygen atoms in total. The maximum atomic E-state index is 13.9. The first-order chi connectivity index (χ1) is 18.5. The van der Waals surface area contributed by atoms with Crippen LogP contribution in [0.1, 0.15) is 41.3 Å². The number of nitrogens with one attached hydrogen (secondary N) is 1. The quantitative estimate of drug-likeness (QED) is 0.288. The number of amides is 1. The molecule has 2 aromatic carbocycles. The van der Waals surface area contributed by atoms with E-state index in [-0.39, 0.29) is 23.3 Å². The van der Waals surface area contributed by atoms with Crippen molar-refractivity contribution in [3.63, 3.8) is 0 Å². The van der Waals surface area contributed by atoms with Crippen LogP contribution < -0.4 is 10.9 Å². The highest BCUT2D eigenvalue weighted by Gasteiger charge is 2.26. The maximum absolute atomic E-state index is 13.9. The van der Waals surface area contributed by atoms with Crippen LogP contribution in [0.2, 0.25) is 0 Å². The van der Waals surface area contributed by atoms with E-state index in [4.69, 9.17) is 0 Å². The average Bonchev–Trinajstić information content (AvgIpc) is 3.51. The Kier molecular flexibility index (Phi) is 6.80. The summed E-state index contributed by atoms with van der Waals surface area (Å²) in [5.74, 6) is 0.643. The van der Waals surface area contributed by atoms with Crippen molar-refractivity contribution in [3.05, 3.63) is 86.5 Å². The van der Waals surface area contributed by atoms with Crippen molar-refractivity contribution in [2.45, 2.75) is 57.1 Å². The van der Waals surface area contributed by atoms with Crippen molar-refractivity contribution in [3.8, 4) is 5.69 Å². The summed E-state index contributed by atoms with van der Waals surface area (Å²) in [6, 6.07) is 18.1. The van der Waals surface area contributed by atoms with Crippen molar-refractivity contribution in [1.82, 2.24) is 24.5 Å². The van der Waals surface area contributed by atoms with Gasteiger partial charge in [-0.05, 0) is 69.2 Å². The van der Waals surface area contributed by atoms with E-state index >= 15 is 0 Å². The van der Waals surface area contributed by atoms with E-state index in [1.54, 1.807) is 15.9 Å². The molecule has 3 heterocycles. The molecule has 0 aliphatic heterocycles. The minimum atomic E-state index is -0.0521. The number of carbonyl (C=O) groups is 1. The Labute approximate surface area is 228 Å². The van der Waals surface area contributed by atoms with E-state index in [1.807, 2.05) is 60.7 Å². The number of benzene rings is 2. The van der Waals surface area contributed by atoms with Gasteiger partial charge in [0.25, 0.3) is 5.56 Å². The summed E-state index contributed by atoms with van der Waals surface area (Å²) in [6.07, 6.45) is 4.91. The van der Waals surface area contributed by atoms with Gasteiger partial charge in [-0.15, -0.1) is 21.5 Å². The summed E-state index contributed by atoms with van der Waals surface area (Å²) < 4.78 is 3.65. The van der Waals surface area contributed by atoms with Crippen LogP contribution in [-0.2, 0) is 24.1 Å². The number of hydrogen-bond acceptors (Lipinski definition) is 6. The minimum absolute atomic E-state index is 0.0167. The third kappa shape index (κ3) is 4.65. The predicted molar refractivity (Wildman–Crippen MR) is 154 cm³/mol. The molecular formula is C29H29N5O2S2. The van der Waals surface area contributed by atoms with Gasteiger partial charge in [0.05, 0.1) is 16.8 Å². The lowest BCUT2D eigenvalue weighted by atomic mass is 9.97. The fraction of sp³-hybridized carbons (Fsp3) is 0.310. The molecule has 0 saturated carbocycles. The van der Waals surface area contributed by atoms with Crippen LogP contribution in [0.5, 0.6) is 0 Å². The Morgan fingerprint density at radius 2 is 1.84 bits per heavy atom. The first-order valence-electron chi connectivity index (χ1n) is 13.0. The number of nitrogens with zero attached hydrogens (tertiary/aromatic N) is 4. The van der Waals surface area contributed by atoms with Gasteiger partial charge in [0.1, 0.15) is 4.83 Å². The van der Waals surface area contributed by atoms with Crippen LogP contribution in [0.25, 0.3) is 21.7 Å². The third-order valence-corrected chi connectivity index (χ3v) is 9.21. The van der Waals surface area contributed by atoms with Crippen LogP contribution in [0.3, 0.4) is 0 Å². The molecule has 9 heteroatoms. The maximum Gasteiger partial charge on any atom is 0.268 e. The van der Waals surface area contributed by atoms with Crippen LogP contribution >= 0.6 is 23.1 Å². The largest absolute Gasteiger partial charge is 0.353 e. The SMILES string of the molecule is Cc1ccc(-n2c(=O)c3c4c(sc3n3c(SCC(=O)N[C@@H](C)Cc5ccccc5)nnc23)CCCC4)cc1. The van der Waals surface area contributed by atoms with Gasteiger partial charge in [0.15, 0.2) is 5.16 Å². The van der Waals surface area contributed by atoms with Crippen molar-refractivity contribution >= 4 is 45.0 Å². The molecule has 5 aromatic rings. The zero-order chi connectivity index (χ0) is 26.2. The molecule has 1 aliphatic carbocycles. The molecule has 194 valence electrons. The first-order valence-corrected chi connectivity index (χ1v) is 14.8. The summed E-state index contributed by atoms with van der Waals surface area (Å²) in [7, 11) is 0. The molecular weight excluding hydrogens is 514 g/mol. The highest BCUT2D eigenvalue weighted by molar-refractivity contribution is 7.99. The van der Waals surface area contributed by atoms with Gasteiger partial charge in [-0.25, -0.2) is 8.97 Å². The number of thiophene rings is 1. The van der Waals surface area contributed by atoms with Crippen molar-refractivity contribution in [2.75, 3.05) is 5.75 Å². The monoisotopic (exact) mass is 543 g/mol. The predicted octanol–water partition coefficient (Wildman–Crippen LogP) is 5.12. The molecule has 6 rings (SSSR count). The van der Waals surface area contributed by atoms with E-state index in [0.717, 1.165) is 53.6 Å². The number of rotatable bonds is 7. The standard InChI is InChI=1S/C29H29N5O2S2/c1-18-12-14-21(15-13-18)33-26(36)25-22-10-6-7-11-23(22)38-27(25)34-28(33)31-32-29(34)37-17-24(35)30-19(2)16-20-8-4-3-5-9-20/h3-5,8-9,12-15,19H,6-7,10-11,16-17H2,1-2H3,(H,30,35)/t19-/m0/s1. The number of aryl methyl sites for hydroxylation is 3. The summed E-state index contributed by atoms with van der Waals surface area (Å²) in [5.41, 5.74) is 4.19. The number of thioether (sulfide) groups is 1. The van der Waals surface area contributed by atoms with E-state index < -0.39 is 0 Å². The molecule has 1 N–H and O–H groups in total. The van der Waals surface area contributed by atoms with E-state index in [9.17, 15) is 9.59 Å². The van der Waals surface area contributed by atoms with Gasteiger partial charge >= 0.3 is 0 Å². The van der Waals surface area contributed by atoms with Crippen molar-refractivity contribution < 1.29 is 4.79 Å². The molecule has 0 spiro atoms. The highest BCUT2D eigenvalue weighted by atomic mass is 32.2. The van der Waals surface area contributed by atoms with Gasteiger partial charge in [0.2, 0.25) is 11.7 Å². The number of aromatic nitrogens is 4. The summed E-state index contributed by atoms with van der Waals surface area (Å²) in [5, 5.41) is 13.4. The molecule has 0 radical (unpaired) electrons. The van der Waals surface area contributed by atoms with Gasteiger partial charge in [-0.1, -0.05) is 59.8 Å². The lowest BCUT2D eigenvalue weighted by Gasteiger charge is -2.14. The lowest BCUT2D eigenvalue weighted by Crippen LogP contribution is -2.35. The second-order valence-electron chi connectivity index (χ2n) is 9.93. The van der Waals surface area contributed by atoms with Gasteiger partial charge in [0, 0.05) is 10.9 Å². The average molecular weight is 544 g/mol. The fourth-order valence-electron chi connectivity index (χ4n) is 5.20. The molecule has 0 fully saturated rings. The zero-order valence-corrected chi connectivity index (χ0v) is 23.1. The minimum Gasteiger partial charge on any atom is -0.353 e. The van der Waals surface area contributed by atoms with E-state index in [2.05, 4.69) is 27.6 Å². The topological polar surface area (TPSA) is 81.3 Å². The molecule has 0 unspecified atom stereocenters. The summed E-state index contributed by atoms with van der Waals surface area (Å²) in [4.78, 5) is 28.9. The lowest BCUT2D eigenvalue weighted by molar-refractivity contribution is -0.119. The Morgan fingerprint density at radius 3 is 2.63 bits per heavy atom. The number of hydrogen-bond donors (Lipinski definition) is 1. The molecule has 3 aromatic heterocycles. The Hall–Kier alpha value is -3.43. The van der Waals surface area contributed by atoms with E-state index in [1.165, 1.54) is 27.8 Å². The first kappa shape index (κ1) is 24.9. The second kappa shape index (κ2) is 10.4. The molecule has 1 atom stereocenters. The van der Waals surface area contributed by atoms with Crippen molar-refractivity contribution in [2.24, 2.45) is 0 Å². The van der Waals surface area contributed by atoms with Gasteiger partial charge in [-0.3, -0.25) is 9.59 Å². The Balaban J connectivity index is 1.35. The molecule has 1 amide bonds. The fourth-order valence-corrected chi connectivity index (χ4v) is 7.38. The molecule has 0 bridgehead atoms. The summed E-state index contributed by atoms with van der Waals surface area (Å²) in [6.45, 7) is 4.04. The summed E-state index contributed by atoms with van der Waals surface area (Å²) >= 11 is 3.02. The van der Waals surface area contributed by atoms with Crippen molar-refractivity contribution in [1.29, 1.82) is 0 Å². The van der Waals surface area contributed by atoms with E-state index in [0.29, 0.717) is 10.9 Å². The number of carbonyl (C=O) groups excluding carboxylic acids is 1. The second-order valence-corrected chi connectivity index (χ2v) is 12.0. The van der Waals surface area contributed by atoms with Gasteiger partial charge in [-0.2, -0.15) is 0 Å². The molecule has 1 aliphatic rings. The normalized spacial score (nSPS) is 14.1. The highest BCUT2D eigenvalue weighted by Crippen LogP contribution is 2.36. The third-order valence-electron chi connectivity index (χ3n) is 7.01. The van der Waals surface area contributed by atoms with Crippen LogP contribution in [0.4, 0.5) is 0 Å². The molecule has 0 saturated heterocycles. The van der Waals surface area contributed by atoms with Crippen LogP contribution in [-0.4, -0.2) is 36.9 Å².